The highest BCUT2D eigenvalue weighted by molar-refractivity contribution is 6.30. The molecule has 1 saturated carbocycles. The summed E-state index contributed by atoms with van der Waals surface area (Å²) in [4.78, 5) is 16.0. The molecule has 2 bridgehead atoms. The van der Waals surface area contributed by atoms with E-state index in [-0.39, 0.29) is 11.9 Å². The first-order chi connectivity index (χ1) is 8.22. The van der Waals surface area contributed by atoms with E-state index in [1.165, 1.54) is 12.6 Å². The van der Waals surface area contributed by atoms with Crippen molar-refractivity contribution in [2.45, 2.75) is 24.9 Å². The van der Waals surface area contributed by atoms with Crippen LogP contribution in [0.1, 0.15) is 23.3 Å². The summed E-state index contributed by atoms with van der Waals surface area (Å²) in [5, 5.41) is 7.00. The first-order valence-corrected chi connectivity index (χ1v) is 6.26. The van der Waals surface area contributed by atoms with E-state index in [0.717, 1.165) is 18.9 Å². The standard InChI is InChI=1S/C12H14ClN3O/c13-8-1-2-9(15-6-8)12(17)16-11-4-7-3-10(11)14-5-7/h1-2,6-7,10-11,14H,3-5H2,(H,16,17). The van der Waals surface area contributed by atoms with Crippen LogP contribution >= 0.6 is 11.6 Å². The second kappa shape index (κ2) is 4.27. The molecule has 1 aliphatic carbocycles. The first-order valence-electron chi connectivity index (χ1n) is 5.88. The Morgan fingerprint density at radius 3 is 2.94 bits per heavy atom. The van der Waals surface area contributed by atoms with Crippen molar-refractivity contribution in [2.75, 3.05) is 6.54 Å². The van der Waals surface area contributed by atoms with E-state index < -0.39 is 0 Å². The third-order valence-corrected chi connectivity index (χ3v) is 3.83. The van der Waals surface area contributed by atoms with Crippen LogP contribution in [-0.2, 0) is 0 Å². The number of carbonyl (C=O) groups is 1. The Morgan fingerprint density at radius 2 is 2.35 bits per heavy atom. The molecule has 1 amide bonds. The summed E-state index contributed by atoms with van der Waals surface area (Å²) in [6, 6.07) is 4.02. The third-order valence-electron chi connectivity index (χ3n) is 3.61. The Bertz CT molecular complexity index is 434. The number of hydrogen-bond donors (Lipinski definition) is 2. The maximum Gasteiger partial charge on any atom is 0.270 e. The lowest BCUT2D eigenvalue weighted by Crippen LogP contribution is -2.48. The van der Waals surface area contributed by atoms with Gasteiger partial charge in [-0.05, 0) is 37.4 Å². The molecule has 2 N–H and O–H groups in total. The molecular formula is C12H14ClN3O. The summed E-state index contributed by atoms with van der Waals surface area (Å²) in [6.07, 6.45) is 3.76. The fourth-order valence-corrected chi connectivity index (χ4v) is 2.88. The molecule has 90 valence electrons. The lowest BCUT2D eigenvalue weighted by Gasteiger charge is -2.23. The topological polar surface area (TPSA) is 54.0 Å². The number of rotatable bonds is 2. The summed E-state index contributed by atoms with van der Waals surface area (Å²) in [7, 11) is 0. The minimum absolute atomic E-state index is 0.110. The zero-order valence-electron chi connectivity index (χ0n) is 9.32. The highest BCUT2D eigenvalue weighted by Crippen LogP contribution is 2.31. The predicted octanol–water partition coefficient (Wildman–Crippen LogP) is 1.22. The quantitative estimate of drug-likeness (QED) is 0.831. The number of halogens is 1. The van der Waals surface area contributed by atoms with Gasteiger partial charge in [0.2, 0.25) is 0 Å². The summed E-state index contributed by atoms with van der Waals surface area (Å²) in [6.45, 7) is 1.09. The molecular weight excluding hydrogens is 238 g/mol. The molecule has 5 heteroatoms. The molecule has 3 atom stereocenters. The summed E-state index contributed by atoms with van der Waals surface area (Å²) in [5.74, 6) is 0.615. The third kappa shape index (κ3) is 2.15. The molecule has 2 fully saturated rings. The van der Waals surface area contributed by atoms with Gasteiger partial charge in [-0.3, -0.25) is 4.79 Å². The normalized spacial score (nSPS) is 30.5. The Labute approximate surface area is 105 Å². The van der Waals surface area contributed by atoms with Crippen molar-refractivity contribution in [3.63, 3.8) is 0 Å². The monoisotopic (exact) mass is 251 g/mol. The minimum Gasteiger partial charge on any atom is -0.346 e. The zero-order chi connectivity index (χ0) is 11.8. The highest BCUT2D eigenvalue weighted by Gasteiger charge is 2.40. The number of carbonyl (C=O) groups excluding carboxylic acids is 1. The molecule has 17 heavy (non-hydrogen) atoms. The molecule has 2 aliphatic rings. The molecule has 2 heterocycles. The molecule has 3 unspecified atom stereocenters. The van der Waals surface area contributed by atoms with E-state index >= 15 is 0 Å². The molecule has 4 nitrogen and oxygen atoms in total. The SMILES string of the molecule is O=C(NC1CC2CNC1C2)c1ccc(Cl)cn1. The van der Waals surface area contributed by atoms with E-state index in [2.05, 4.69) is 15.6 Å². The van der Waals surface area contributed by atoms with Gasteiger partial charge in [0.1, 0.15) is 5.69 Å². The predicted molar refractivity (Wildman–Crippen MR) is 65.0 cm³/mol. The molecule has 3 rings (SSSR count). The maximum atomic E-state index is 11.9. The number of pyridine rings is 1. The maximum absolute atomic E-state index is 11.9. The van der Waals surface area contributed by atoms with E-state index in [0.29, 0.717) is 16.8 Å². The smallest absolute Gasteiger partial charge is 0.270 e. The number of nitrogens with one attached hydrogen (secondary N) is 2. The average molecular weight is 252 g/mol. The Morgan fingerprint density at radius 1 is 1.47 bits per heavy atom. The van der Waals surface area contributed by atoms with E-state index in [1.807, 2.05) is 0 Å². The van der Waals surface area contributed by atoms with Crippen LogP contribution in [0.4, 0.5) is 0 Å². The van der Waals surface area contributed by atoms with Crippen molar-refractivity contribution in [3.05, 3.63) is 29.0 Å². The fraction of sp³-hybridized carbons (Fsp3) is 0.500. The van der Waals surface area contributed by atoms with Crippen LogP contribution in [0, 0.1) is 5.92 Å². The van der Waals surface area contributed by atoms with E-state index in [1.54, 1.807) is 12.1 Å². The first kappa shape index (κ1) is 11.0. The van der Waals surface area contributed by atoms with Crippen LogP contribution in [-0.4, -0.2) is 29.5 Å². The van der Waals surface area contributed by atoms with Crippen molar-refractivity contribution < 1.29 is 4.79 Å². The van der Waals surface area contributed by atoms with Crippen molar-refractivity contribution in [1.82, 2.24) is 15.6 Å². The molecule has 1 aromatic heterocycles. The molecule has 0 spiro atoms. The summed E-state index contributed by atoms with van der Waals surface area (Å²) < 4.78 is 0. The Kier molecular flexibility index (Phi) is 2.76. The van der Waals surface area contributed by atoms with E-state index in [4.69, 9.17) is 11.6 Å². The number of hydrogen-bond acceptors (Lipinski definition) is 3. The second-order valence-corrected chi connectivity index (χ2v) is 5.23. The van der Waals surface area contributed by atoms with Crippen LogP contribution in [0.2, 0.25) is 5.02 Å². The van der Waals surface area contributed by atoms with Gasteiger partial charge in [-0.2, -0.15) is 0 Å². The largest absolute Gasteiger partial charge is 0.346 e. The summed E-state index contributed by atoms with van der Waals surface area (Å²) >= 11 is 5.73. The molecule has 0 aromatic carbocycles. The second-order valence-electron chi connectivity index (χ2n) is 4.79. The fourth-order valence-electron chi connectivity index (χ4n) is 2.77. The van der Waals surface area contributed by atoms with Crippen LogP contribution in [0.15, 0.2) is 18.3 Å². The van der Waals surface area contributed by atoms with Crippen LogP contribution in [0.5, 0.6) is 0 Å². The Hall–Kier alpha value is -1.13. The number of piperidine rings is 1. The molecule has 1 saturated heterocycles. The van der Waals surface area contributed by atoms with Crippen molar-refractivity contribution >= 4 is 17.5 Å². The zero-order valence-corrected chi connectivity index (χ0v) is 10.1. The van der Waals surface area contributed by atoms with Gasteiger partial charge in [0.25, 0.3) is 5.91 Å². The van der Waals surface area contributed by atoms with Crippen molar-refractivity contribution in [2.24, 2.45) is 5.92 Å². The highest BCUT2D eigenvalue weighted by atomic mass is 35.5. The van der Waals surface area contributed by atoms with Crippen LogP contribution in [0.25, 0.3) is 0 Å². The van der Waals surface area contributed by atoms with Gasteiger partial charge in [-0.1, -0.05) is 11.6 Å². The van der Waals surface area contributed by atoms with Crippen molar-refractivity contribution in [3.8, 4) is 0 Å². The number of nitrogens with zero attached hydrogens (tertiary/aromatic N) is 1. The number of fused-ring (bicyclic) bond motifs is 2. The van der Waals surface area contributed by atoms with Gasteiger partial charge >= 0.3 is 0 Å². The van der Waals surface area contributed by atoms with Gasteiger partial charge in [-0.25, -0.2) is 4.98 Å². The minimum atomic E-state index is -0.110. The average Bonchev–Trinajstić information content (AvgIpc) is 2.91. The van der Waals surface area contributed by atoms with Crippen LogP contribution in [0.3, 0.4) is 0 Å². The lowest BCUT2D eigenvalue weighted by molar-refractivity contribution is 0.0923. The van der Waals surface area contributed by atoms with Gasteiger partial charge < -0.3 is 10.6 Å². The lowest BCUT2D eigenvalue weighted by atomic mass is 10.1. The molecule has 1 aromatic rings. The molecule has 1 aliphatic heterocycles. The molecule has 0 radical (unpaired) electrons. The summed E-state index contributed by atoms with van der Waals surface area (Å²) in [5.41, 5.74) is 0.428. The number of amides is 1. The van der Waals surface area contributed by atoms with Gasteiger partial charge in [-0.15, -0.1) is 0 Å². The van der Waals surface area contributed by atoms with Crippen LogP contribution < -0.4 is 10.6 Å². The van der Waals surface area contributed by atoms with Gasteiger partial charge in [0.15, 0.2) is 0 Å². The van der Waals surface area contributed by atoms with Gasteiger partial charge in [0.05, 0.1) is 5.02 Å². The van der Waals surface area contributed by atoms with E-state index in [9.17, 15) is 4.79 Å². The Balaban J connectivity index is 1.65. The number of aromatic nitrogens is 1. The van der Waals surface area contributed by atoms with Crippen molar-refractivity contribution in [1.29, 1.82) is 0 Å². The van der Waals surface area contributed by atoms with Gasteiger partial charge in [0, 0.05) is 18.3 Å².